The van der Waals surface area contributed by atoms with Crippen molar-refractivity contribution in [1.82, 2.24) is 0 Å². The van der Waals surface area contributed by atoms with Gasteiger partial charge in [0, 0.05) is 6.04 Å². The fourth-order valence-electron chi connectivity index (χ4n) is 2.59. The van der Waals surface area contributed by atoms with Crippen molar-refractivity contribution in [1.29, 1.82) is 0 Å². The highest BCUT2D eigenvalue weighted by atomic mass is 16.5. The lowest BCUT2D eigenvalue weighted by atomic mass is 9.84. The van der Waals surface area contributed by atoms with E-state index in [1.54, 1.807) is 13.8 Å². The molecule has 3 N–H and O–H groups in total. The third kappa shape index (κ3) is 9.10. The van der Waals surface area contributed by atoms with Gasteiger partial charge in [-0.3, -0.25) is 4.79 Å². The highest BCUT2D eigenvalue weighted by Gasteiger charge is 2.35. The Morgan fingerprint density at radius 2 is 1.57 bits per heavy atom. The first-order chi connectivity index (χ1) is 9.84. The van der Waals surface area contributed by atoms with Gasteiger partial charge in [0.1, 0.15) is 0 Å². The van der Waals surface area contributed by atoms with Gasteiger partial charge in [-0.15, -0.1) is 0 Å². The number of methoxy groups -OCH3 is 1. The average Bonchev–Trinajstić information content (AvgIpc) is 2.43. The Morgan fingerprint density at radius 1 is 1.10 bits per heavy atom. The lowest BCUT2D eigenvalue weighted by Crippen LogP contribution is -2.51. The molecule has 2 atom stereocenters. The van der Waals surface area contributed by atoms with Crippen molar-refractivity contribution in [3.05, 3.63) is 0 Å². The first-order valence-corrected chi connectivity index (χ1v) is 8.40. The van der Waals surface area contributed by atoms with Crippen LogP contribution >= 0.6 is 0 Å². The summed E-state index contributed by atoms with van der Waals surface area (Å²) in [5.74, 6) is -0.734. The van der Waals surface area contributed by atoms with Crippen LogP contribution in [0.2, 0.25) is 0 Å². The van der Waals surface area contributed by atoms with Crippen LogP contribution in [0.5, 0.6) is 0 Å². The number of esters is 1. The molecule has 2 unspecified atom stereocenters. The van der Waals surface area contributed by atoms with Crippen molar-refractivity contribution in [3.63, 3.8) is 0 Å². The molecule has 0 fully saturated rings. The molecule has 4 heteroatoms. The van der Waals surface area contributed by atoms with E-state index in [9.17, 15) is 9.90 Å². The SMILES string of the molecule is CCCCCCCCCCC(C(=O)OC)C(N)C(C)(C)O. The summed E-state index contributed by atoms with van der Waals surface area (Å²) < 4.78 is 4.82. The summed E-state index contributed by atoms with van der Waals surface area (Å²) in [6, 6.07) is -0.588. The standard InChI is InChI=1S/C17H35NO3/c1-5-6-7-8-9-10-11-12-13-14(16(19)21-4)15(18)17(2,3)20/h14-15,20H,5-13,18H2,1-4H3. The molecule has 0 saturated carbocycles. The van der Waals surface area contributed by atoms with Crippen molar-refractivity contribution in [2.75, 3.05) is 7.11 Å². The highest BCUT2D eigenvalue weighted by Crippen LogP contribution is 2.22. The first kappa shape index (κ1) is 20.4. The topological polar surface area (TPSA) is 72.5 Å². The minimum Gasteiger partial charge on any atom is -0.469 e. The number of carbonyl (C=O) groups excluding carboxylic acids is 1. The largest absolute Gasteiger partial charge is 0.469 e. The Labute approximate surface area is 130 Å². The number of rotatable bonds is 12. The fourth-order valence-corrected chi connectivity index (χ4v) is 2.59. The average molecular weight is 301 g/mol. The van der Waals surface area contributed by atoms with E-state index in [1.165, 1.54) is 45.6 Å². The molecule has 0 aliphatic rings. The van der Waals surface area contributed by atoms with Gasteiger partial charge in [0.15, 0.2) is 0 Å². The van der Waals surface area contributed by atoms with E-state index in [0.29, 0.717) is 6.42 Å². The molecule has 0 amide bonds. The van der Waals surface area contributed by atoms with Crippen molar-refractivity contribution in [2.45, 2.75) is 90.2 Å². The van der Waals surface area contributed by atoms with Gasteiger partial charge in [-0.25, -0.2) is 0 Å². The number of hydrogen-bond acceptors (Lipinski definition) is 4. The van der Waals surface area contributed by atoms with Gasteiger partial charge < -0.3 is 15.6 Å². The molecule has 0 heterocycles. The van der Waals surface area contributed by atoms with Crippen LogP contribution in [-0.2, 0) is 9.53 Å². The molecule has 21 heavy (non-hydrogen) atoms. The maximum atomic E-state index is 11.8. The van der Waals surface area contributed by atoms with Gasteiger partial charge in [0.25, 0.3) is 0 Å². The zero-order valence-electron chi connectivity index (χ0n) is 14.4. The van der Waals surface area contributed by atoms with E-state index >= 15 is 0 Å². The van der Waals surface area contributed by atoms with Crippen LogP contribution in [0.15, 0.2) is 0 Å². The summed E-state index contributed by atoms with van der Waals surface area (Å²) in [7, 11) is 1.38. The molecule has 0 radical (unpaired) electrons. The summed E-state index contributed by atoms with van der Waals surface area (Å²) in [5, 5.41) is 9.99. The zero-order chi connectivity index (χ0) is 16.3. The maximum Gasteiger partial charge on any atom is 0.310 e. The van der Waals surface area contributed by atoms with Gasteiger partial charge >= 0.3 is 5.97 Å². The van der Waals surface area contributed by atoms with Crippen molar-refractivity contribution >= 4 is 5.97 Å². The summed E-state index contributed by atoms with van der Waals surface area (Å²) >= 11 is 0. The van der Waals surface area contributed by atoms with E-state index in [0.717, 1.165) is 12.8 Å². The minimum absolute atomic E-state index is 0.312. The molecule has 126 valence electrons. The second kappa shape index (κ2) is 11.0. The number of carbonyl (C=O) groups is 1. The third-order valence-corrected chi connectivity index (χ3v) is 4.12. The van der Waals surface area contributed by atoms with Gasteiger partial charge in [-0.1, -0.05) is 58.3 Å². The smallest absolute Gasteiger partial charge is 0.310 e. The normalized spacial score (nSPS) is 14.8. The molecular weight excluding hydrogens is 266 g/mol. The minimum atomic E-state index is -1.07. The Hall–Kier alpha value is -0.610. The van der Waals surface area contributed by atoms with Gasteiger partial charge in [0.05, 0.1) is 18.6 Å². The Bertz CT molecular complexity index is 274. The molecule has 0 aromatic rings. The molecule has 0 aliphatic heterocycles. The van der Waals surface area contributed by atoms with Crippen molar-refractivity contribution in [2.24, 2.45) is 11.7 Å². The van der Waals surface area contributed by atoms with Gasteiger partial charge in [-0.2, -0.15) is 0 Å². The van der Waals surface area contributed by atoms with Crippen molar-refractivity contribution < 1.29 is 14.6 Å². The molecule has 0 spiro atoms. The van der Waals surface area contributed by atoms with Crippen LogP contribution in [-0.4, -0.2) is 29.8 Å². The first-order valence-electron chi connectivity index (χ1n) is 8.40. The predicted octanol–water partition coefficient (Wildman–Crippen LogP) is 3.40. The monoisotopic (exact) mass is 301 g/mol. The fraction of sp³-hybridized carbons (Fsp3) is 0.941. The Balaban J connectivity index is 4.01. The lowest BCUT2D eigenvalue weighted by molar-refractivity contribution is -0.149. The Morgan fingerprint density at radius 3 is 2.00 bits per heavy atom. The summed E-state index contributed by atoms with van der Waals surface area (Å²) in [5.41, 5.74) is 4.95. The number of nitrogens with two attached hydrogens (primary N) is 1. The van der Waals surface area contributed by atoms with Crippen molar-refractivity contribution in [3.8, 4) is 0 Å². The number of aliphatic hydroxyl groups is 1. The van der Waals surface area contributed by atoms with Crippen LogP contribution in [0, 0.1) is 5.92 Å². The number of ether oxygens (including phenoxy) is 1. The van der Waals surface area contributed by atoms with Crippen LogP contribution in [0.3, 0.4) is 0 Å². The van der Waals surface area contributed by atoms with Crippen LogP contribution in [0.4, 0.5) is 0 Å². The van der Waals surface area contributed by atoms with E-state index < -0.39 is 17.6 Å². The summed E-state index contributed by atoms with van der Waals surface area (Å²) in [6.45, 7) is 5.50. The van der Waals surface area contributed by atoms with Crippen LogP contribution in [0.25, 0.3) is 0 Å². The molecule has 0 aliphatic carbocycles. The zero-order valence-corrected chi connectivity index (χ0v) is 14.4. The van der Waals surface area contributed by atoms with Crippen LogP contribution in [0.1, 0.15) is 78.6 Å². The van der Waals surface area contributed by atoms with E-state index in [4.69, 9.17) is 10.5 Å². The summed E-state index contributed by atoms with van der Waals surface area (Å²) in [6.07, 6.45) is 10.4. The second-order valence-corrected chi connectivity index (χ2v) is 6.57. The maximum absolute atomic E-state index is 11.8. The second-order valence-electron chi connectivity index (χ2n) is 6.57. The summed E-state index contributed by atoms with van der Waals surface area (Å²) in [4.78, 5) is 11.8. The number of unbranched alkanes of at least 4 members (excludes halogenated alkanes) is 7. The van der Waals surface area contributed by atoms with E-state index in [1.807, 2.05) is 0 Å². The van der Waals surface area contributed by atoms with E-state index in [2.05, 4.69) is 6.92 Å². The molecule has 0 saturated heterocycles. The molecule has 0 rings (SSSR count). The van der Waals surface area contributed by atoms with Crippen LogP contribution < -0.4 is 5.73 Å². The van der Waals surface area contributed by atoms with Gasteiger partial charge in [0.2, 0.25) is 0 Å². The number of hydrogen-bond donors (Lipinski definition) is 2. The molecule has 0 bridgehead atoms. The third-order valence-electron chi connectivity index (χ3n) is 4.12. The molecular formula is C17H35NO3. The lowest BCUT2D eigenvalue weighted by Gasteiger charge is -2.31. The predicted molar refractivity (Wildman–Crippen MR) is 87.0 cm³/mol. The molecule has 4 nitrogen and oxygen atoms in total. The van der Waals surface area contributed by atoms with E-state index in [-0.39, 0.29) is 5.97 Å². The Kier molecular flexibility index (Phi) is 10.7. The quantitative estimate of drug-likeness (QED) is 0.428. The van der Waals surface area contributed by atoms with Gasteiger partial charge in [-0.05, 0) is 20.3 Å². The highest BCUT2D eigenvalue weighted by molar-refractivity contribution is 5.73. The molecule has 0 aromatic carbocycles. The molecule has 0 aromatic heterocycles.